The standard InChI is InChI=1S/C9H16Cl3NO4S2/c10-9(11,12)4-1-2-5-19(16,17)13-8-3-6-18(14,15)7-8/h8,13H,1-7H2/t8-/m1/s1. The number of halogens is 3. The Morgan fingerprint density at radius 3 is 2.32 bits per heavy atom. The van der Waals surface area contributed by atoms with Crippen molar-refractivity contribution in [1.29, 1.82) is 0 Å². The maximum atomic E-state index is 11.7. The maximum absolute atomic E-state index is 11.7. The van der Waals surface area contributed by atoms with Crippen LogP contribution in [0.15, 0.2) is 0 Å². The topological polar surface area (TPSA) is 80.3 Å². The van der Waals surface area contributed by atoms with E-state index in [2.05, 4.69) is 4.72 Å². The Hall–Kier alpha value is 0.730. The van der Waals surface area contributed by atoms with Gasteiger partial charge in [-0.1, -0.05) is 34.8 Å². The second-order valence-electron chi connectivity index (χ2n) is 4.61. The van der Waals surface area contributed by atoms with Gasteiger partial charge in [0.2, 0.25) is 10.0 Å². The molecule has 1 atom stereocenters. The molecule has 0 bridgehead atoms. The number of unbranched alkanes of at least 4 members (excludes halogenated alkanes) is 1. The van der Waals surface area contributed by atoms with Crippen molar-refractivity contribution in [1.82, 2.24) is 4.72 Å². The van der Waals surface area contributed by atoms with Gasteiger partial charge in [-0.2, -0.15) is 0 Å². The van der Waals surface area contributed by atoms with Crippen molar-refractivity contribution in [3.63, 3.8) is 0 Å². The zero-order chi connectivity index (χ0) is 14.7. The Kier molecular flexibility index (Phi) is 6.23. The minimum absolute atomic E-state index is 0.0352. The average Bonchev–Trinajstić information content (AvgIpc) is 2.50. The van der Waals surface area contributed by atoms with E-state index in [0.29, 0.717) is 19.3 Å². The van der Waals surface area contributed by atoms with Gasteiger partial charge in [0, 0.05) is 6.04 Å². The van der Waals surface area contributed by atoms with Crippen LogP contribution in [0.25, 0.3) is 0 Å². The first-order valence-corrected chi connectivity index (χ1v) is 10.4. The first kappa shape index (κ1) is 17.8. The normalized spacial score (nSPS) is 23.6. The van der Waals surface area contributed by atoms with Crippen molar-refractivity contribution in [3.05, 3.63) is 0 Å². The quantitative estimate of drug-likeness (QED) is 0.567. The lowest BCUT2D eigenvalue weighted by atomic mass is 10.3. The van der Waals surface area contributed by atoms with Crippen LogP contribution in [-0.2, 0) is 19.9 Å². The number of rotatable bonds is 6. The van der Waals surface area contributed by atoms with Crippen molar-refractivity contribution in [2.24, 2.45) is 0 Å². The first-order chi connectivity index (χ1) is 8.49. The number of hydrogen-bond acceptors (Lipinski definition) is 4. The molecular formula is C9H16Cl3NO4S2. The van der Waals surface area contributed by atoms with Crippen molar-refractivity contribution in [2.45, 2.75) is 35.5 Å². The van der Waals surface area contributed by atoms with Gasteiger partial charge < -0.3 is 0 Å². The minimum atomic E-state index is -3.48. The Labute approximate surface area is 128 Å². The summed E-state index contributed by atoms with van der Waals surface area (Å²) >= 11 is 16.7. The van der Waals surface area contributed by atoms with Gasteiger partial charge in [-0.15, -0.1) is 0 Å². The van der Waals surface area contributed by atoms with Gasteiger partial charge in [0.25, 0.3) is 0 Å². The monoisotopic (exact) mass is 371 g/mol. The van der Waals surface area contributed by atoms with Crippen LogP contribution in [0.5, 0.6) is 0 Å². The van der Waals surface area contributed by atoms with E-state index in [1.807, 2.05) is 0 Å². The summed E-state index contributed by atoms with van der Waals surface area (Å²) in [5, 5.41) is 0. The smallest absolute Gasteiger partial charge is 0.211 e. The van der Waals surface area contributed by atoms with E-state index in [1.165, 1.54) is 0 Å². The van der Waals surface area contributed by atoms with Gasteiger partial charge in [0.05, 0.1) is 17.3 Å². The molecule has 1 heterocycles. The first-order valence-electron chi connectivity index (χ1n) is 5.76. The van der Waals surface area contributed by atoms with Crippen LogP contribution in [0.1, 0.15) is 25.7 Å². The molecular weight excluding hydrogens is 357 g/mol. The summed E-state index contributed by atoms with van der Waals surface area (Å²) in [5.41, 5.74) is 0. The molecule has 1 aliphatic heterocycles. The molecule has 19 heavy (non-hydrogen) atoms. The zero-order valence-corrected chi connectivity index (χ0v) is 14.0. The molecule has 1 aliphatic rings. The van der Waals surface area contributed by atoms with Gasteiger partial charge in [0.1, 0.15) is 0 Å². The van der Waals surface area contributed by atoms with Crippen LogP contribution in [0.4, 0.5) is 0 Å². The van der Waals surface area contributed by atoms with Crippen LogP contribution >= 0.6 is 34.8 Å². The number of sulfonamides is 1. The summed E-state index contributed by atoms with van der Waals surface area (Å²) in [6, 6.07) is -0.511. The molecule has 0 spiro atoms. The predicted octanol–water partition coefficient (Wildman–Crippen LogP) is 1.63. The lowest BCUT2D eigenvalue weighted by Gasteiger charge is -2.12. The Morgan fingerprint density at radius 1 is 1.21 bits per heavy atom. The molecule has 1 saturated heterocycles. The van der Waals surface area contributed by atoms with Gasteiger partial charge in [0.15, 0.2) is 13.6 Å². The molecule has 114 valence electrons. The van der Waals surface area contributed by atoms with E-state index in [9.17, 15) is 16.8 Å². The van der Waals surface area contributed by atoms with Gasteiger partial charge in [-0.05, 0) is 25.7 Å². The third-order valence-electron chi connectivity index (χ3n) is 2.70. The van der Waals surface area contributed by atoms with Gasteiger partial charge in [-0.25, -0.2) is 21.6 Å². The lowest BCUT2D eigenvalue weighted by Crippen LogP contribution is -2.37. The fraction of sp³-hybridized carbons (Fsp3) is 1.00. The summed E-state index contributed by atoms with van der Waals surface area (Å²) < 4.78 is 46.9. The molecule has 0 aromatic rings. The fourth-order valence-corrected chi connectivity index (χ4v) is 5.41. The van der Waals surface area contributed by atoms with E-state index < -0.39 is 29.7 Å². The molecule has 0 radical (unpaired) electrons. The van der Waals surface area contributed by atoms with Crippen LogP contribution in [0.2, 0.25) is 0 Å². The van der Waals surface area contributed by atoms with Crippen molar-refractivity contribution >= 4 is 54.7 Å². The summed E-state index contributed by atoms with van der Waals surface area (Å²) in [5.74, 6) is -0.182. The van der Waals surface area contributed by atoms with E-state index in [1.54, 1.807) is 0 Å². The molecule has 1 N–H and O–H groups in total. The fourth-order valence-electron chi connectivity index (χ4n) is 1.82. The second kappa shape index (κ2) is 6.66. The summed E-state index contributed by atoms with van der Waals surface area (Å²) in [4.78, 5) is 0. The van der Waals surface area contributed by atoms with Crippen LogP contribution in [0.3, 0.4) is 0 Å². The molecule has 0 aliphatic carbocycles. The highest BCUT2D eigenvalue weighted by Gasteiger charge is 2.30. The Morgan fingerprint density at radius 2 is 1.84 bits per heavy atom. The Bertz CT molecular complexity index is 498. The minimum Gasteiger partial charge on any atom is -0.229 e. The third-order valence-corrected chi connectivity index (χ3v) is 6.56. The highest BCUT2D eigenvalue weighted by molar-refractivity contribution is 7.92. The van der Waals surface area contributed by atoms with Crippen molar-refractivity contribution in [2.75, 3.05) is 17.3 Å². The molecule has 0 unspecified atom stereocenters. The maximum Gasteiger partial charge on any atom is 0.211 e. The summed E-state index contributed by atoms with van der Waals surface area (Å²) in [7, 11) is -6.57. The summed E-state index contributed by atoms with van der Waals surface area (Å²) in [6.07, 6.45) is 1.45. The van der Waals surface area contributed by atoms with E-state index in [-0.39, 0.29) is 23.7 Å². The lowest BCUT2D eigenvalue weighted by molar-refractivity contribution is 0.557. The number of alkyl halides is 3. The van der Waals surface area contributed by atoms with Gasteiger partial charge >= 0.3 is 0 Å². The number of sulfone groups is 1. The molecule has 5 nitrogen and oxygen atoms in total. The molecule has 0 aromatic heterocycles. The molecule has 0 amide bonds. The van der Waals surface area contributed by atoms with E-state index in [4.69, 9.17) is 34.8 Å². The third kappa shape index (κ3) is 7.92. The van der Waals surface area contributed by atoms with E-state index >= 15 is 0 Å². The number of hydrogen-bond donors (Lipinski definition) is 1. The highest BCUT2D eigenvalue weighted by Crippen LogP contribution is 2.31. The number of nitrogens with one attached hydrogen (secondary N) is 1. The van der Waals surface area contributed by atoms with Crippen LogP contribution in [-0.4, -0.2) is 43.9 Å². The molecule has 1 rings (SSSR count). The van der Waals surface area contributed by atoms with Crippen LogP contribution in [0, 0.1) is 0 Å². The van der Waals surface area contributed by atoms with Crippen molar-refractivity contribution < 1.29 is 16.8 Å². The van der Waals surface area contributed by atoms with Gasteiger partial charge in [-0.3, -0.25) is 0 Å². The van der Waals surface area contributed by atoms with E-state index in [0.717, 1.165) is 0 Å². The predicted molar refractivity (Wildman–Crippen MR) is 78.1 cm³/mol. The molecule has 0 saturated carbocycles. The highest BCUT2D eigenvalue weighted by atomic mass is 35.6. The molecule has 1 fully saturated rings. The van der Waals surface area contributed by atoms with Crippen molar-refractivity contribution in [3.8, 4) is 0 Å². The largest absolute Gasteiger partial charge is 0.229 e. The molecule has 10 heteroatoms. The second-order valence-corrected chi connectivity index (χ2v) is 11.2. The SMILES string of the molecule is O=S1(=O)CC[C@@H](NS(=O)(=O)CCCCC(Cl)(Cl)Cl)C1. The zero-order valence-electron chi connectivity index (χ0n) is 10.1. The average molecular weight is 373 g/mol. The Balaban J connectivity index is 2.33. The molecule has 0 aromatic carbocycles. The van der Waals surface area contributed by atoms with Crippen LogP contribution < -0.4 is 4.72 Å². The summed E-state index contributed by atoms with van der Waals surface area (Å²) in [6.45, 7) is 0.